The van der Waals surface area contributed by atoms with Gasteiger partial charge in [-0.25, -0.2) is 4.39 Å². The molecule has 0 N–H and O–H groups in total. The first-order chi connectivity index (χ1) is 8.60. The van der Waals surface area contributed by atoms with E-state index in [0.717, 1.165) is 5.56 Å². The molecule has 2 rings (SSSR count). The highest BCUT2D eigenvalue weighted by molar-refractivity contribution is 6.30. The number of carbonyl (C=O) groups excluding carboxylic acids is 1. The molecule has 2 nitrogen and oxygen atoms in total. The Bertz CT molecular complexity index is 596. The zero-order valence-corrected chi connectivity index (χ0v) is 10.4. The number of aldehydes is 1. The SMILES string of the molecule is Cc1ccc(F)cc1Oc1ccc(Cl)cc1C=O. The molecule has 0 spiro atoms. The Morgan fingerprint density at radius 3 is 2.67 bits per heavy atom. The van der Waals surface area contributed by atoms with Crippen LogP contribution in [0.5, 0.6) is 11.5 Å². The number of aryl methyl sites for hydroxylation is 1. The molecule has 0 aliphatic heterocycles. The molecular formula is C14H10ClFO2. The van der Waals surface area contributed by atoms with Gasteiger partial charge in [-0.05, 0) is 36.8 Å². The van der Waals surface area contributed by atoms with Crippen molar-refractivity contribution in [3.05, 3.63) is 58.4 Å². The minimum absolute atomic E-state index is 0.325. The van der Waals surface area contributed by atoms with Crippen LogP contribution in [0, 0.1) is 12.7 Å². The van der Waals surface area contributed by atoms with Crippen LogP contribution in [0.25, 0.3) is 0 Å². The van der Waals surface area contributed by atoms with Crippen molar-refractivity contribution in [1.82, 2.24) is 0 Å². The molecule has 4 heteroatoms. The lowest BCUT2D eigenvalue weighted by molar-refractivity contribution is 0.112. The van der Waals surface area contributed by atoms with Gasteiger partial charge in [0.2, 0.25) is 0 Å². The summed E-state index contributed by atoms with van der Waals surface area (Å²) in [5.41, 5.74) is 1.11. The summed E-state index contributed by atoms with van der Waals surface area (Å²) in [5, 5.41) is 0.445. The smallest absolute Gasteiger partial charge is 0.153 e. The maximum Gasteiger partial charge on any atom is 0.153 e. The molecule has 0 heterocycles. The molecular weight excluding hydrogens is 255 g/mol. The van der Waals surface area contributed by atoms with Crippen LogP contribution in [-0.2, 0) is 0 Å². The van der Waals surface area contributed by atoms with Crippen molar-refractivity contribution < 1.29 is 13.9 Å². The normalized spacial score (nSPS) is 10.2. The predicted molar refractivity (Wildman–Crippen MR) is 68.1 cm³/mol. The summed E-state index contributed by atoms with van der Waals surface area (Å²) in [4.78, 5) is 10.9. The average molecular weight is 265 g/mol. The minimum Gasteiger partial charge on any atom is -0.456 e. The maximum absolute atomic E-state index is 13.1. The summed E-state index contributed by atoms with van der Waals surface area (Å²) in [5.74, 6) is 0.334. The van der Waals surface area contributed by atoms with E-state index in [0.29, 0.717) is 28.4 Å². The van der Waals surface area contributed by atoms with Gasteiger partial charge in [-0.2, -0.15) is 0 Å². The molecule has 0 aromatic heterocycles. The van der Waals surface area contributed by atoms with Gasteiger partial charge in [-0.1, -0.05) is 17.7 Å². The van der Waals surface area contributed by atoms with Crippen molar-refractivity contribution in [3.8, 4) is 11.5 Å². The van der Waals surface area contributed by atoms with Crippen LogP contribution in [0.2, 0.25) is 5.02 Å². The van der Waals surface area contributed by atoms with Gasteiger partial charge >= 0.3 is 0 Å². The zero-order valence-electron chi connectivity index (χ0n) is 9.61. The van der Waals surface area contributed by atoms with Crippen LogP contribution in [0.4, 0.5) is 4.39 Å². The van der Waals surface area contributed by atoms with Gasteiger partial charge in [-0.15, -0.1) is 0 Å². The van der Waals surface area contributed by atoms with E-state index in [1.165, 1.54) is 18.2 Å². The fourth-order valence-corrected chi connectivity index (χ4v) is 1.69. The van der Waals surface area contributed by atoms with Gasteiger partial charge in [0.05, 0.1) is 5.56 Å². The first kappa shape index (κ1) is 12.6. The molecule has 92 valence electrons. The van der Waals surface area contributed by atoms with Gasteiger partial charge < -0.3 is 4.74 Å². The van der Waals surface area contributed by atoms with E-state index in [1.54, 1.807) is 25.1 Å². The van der Waals surface area contributed by atoms with Gasteiger partial charge in [0, 0.05) is 11.1 Å². The van der Waals surface area contributed by atoms with E-state index in [4.69, 9.17) is 16.3 Å². The predicted octanol–water partition coefficient (Wildman–Crippen LogP) is 4.39. The Balaban J connectivity index is 2.39. The van der Waals surface area contributed by atoms with E-state index >= 15 is 0 Å². The Kier molecular flexibility index (Phi) is 3.63. The molecule has 2 aromatic rings. The lowest BCUT2D eigenvalue weighted by Crippen LogP contribution is -1.93. The first-order valence-electron chi connectivity index (χ1n) is 5.29. The maximum atomic E-state index is 13.1. The summed E-state index contributed by atoms with van der Waals surface area (Å²) in [6.45, 7) is 1.80. The van der Waals surface area contributed by atoms with E-state index in [2.05, 4.69) is 0 Å². The molecule has 18 heavy (non-hydrogen) atoms. The Morgan fingerprint density at radius 2 is 1.94 bits per heavy atom. The fourth-order valence-electron chi connectivity index (χ4n) is 1.51. The lowest BCUT2D eigenvalue weighted by atomic mass is 10.2. The van der Waals surface area contributed by atoms with E-state index < -0.39 is 5.82 Å². The van der Waals surface area contributed by atoms with Crippen LogP contribution in [-0.4, -0.2) is 6.29 Å². The molecule has 0 fully saturated rings. The second-order valence-corrected chi connectivity index (χ2v) is 4.25. The highest BCUT2D eigenvalue weighted by Crippen LogP contribution is 2.29. The number of halogens is 2. The van der Waals surface area contributed by atoms with Gasteiger partial charge in [-0.3, -0.25) is 4.79 Å². The van der Waals surface area contributed by atoms with Crippen molar-refractivity contribution in [2.75, 3.05) is 0 Å². The Hall–Kier alpha value is -1.87. The molecule has 2 aromatic carbocycles. The monoisotopic (exact) mass is 264 g/mol. The number of carbonyl (C=O) groups is 1. The number of rotatable bonds is 3. The average Bonchev–Trinajstić information content (AvgIpc) is 2.36. The van der Waals surface area contributed by atoms with Crippen LogP contribution in [0.3, 0.4) is 0 Å². The third kappa shape index (κ3) is 2.68. The summed E-state index contributed by atoms with van der Waals surface area (Å²) >= 11 is 5.78. The molecule has 0 saturated carbocycles. The molecule has 0 aliphatic carbocycles. The third-order valence-corrected chi connectivity index (χ3v) is 2.70. The summed E-state index contributed by atoms with van der Waals surface area (Å²) in [6, 6.07) is 8.93. The topological polar surface area (TPSA) is 26.3 Å². The molecule has 0 atom stereocenters. The zero-order chi connectivity index (χ0) is 13.1. The third-order valence-electron chi connectivity index (χ3n) is 2.47. The van der Waals surface area contributed by atoms with Crippen molar-refractivity contribution in [1.29, 1.82) is 0 Å². The molecule has 0 radical (unpaired) electrons. The van der Waals surface area contributed by atoms with Crippen molar-refractivity contribution in [3.63, 3.8) is 0 Å². The molecule has 0 saturated heterocycles. The number of hydrogen-bond acceptors (Lipinski definition) is 2. The number of ether oxygens (including phenoxy) is 1. The van der Waals surface area contributed by atoms with E-state index in [9.17, 15) is 9.18 Å². The minimum atomic E-state index is -0.391. The summed E-state index contributed by atoms with van der Waals surface area (Å²) in [6.07, 6.45) is 0.649. The Morgan fingerprint density at radius 1 is 1.17 bits per heavy atom. The van der Waals surface area contributed by atoms with Crippen LogP contribution >= 0.6 is 11.6 Å². The number of benzene rings is 2. The van der Waals surface area contributed by atoms with Crippen LogP contribution < -0.4 is 4.74 Å². The van der Waals surface area contributed by atoms with Crippen LogP contribution in [0.15, 0.2) is 36.4 Å². The standard InChI is InChI=1S/C14H10ClFO2/c1-9-2-4-12(16)7-14(9)18-13-5-3-11(15)6-10(13)8-17/h2-8H,1H3. The van der Waals surface area contributed by atoms with Gasteiger partial charge in [0.1, 0.15) is 17.3 Å². The van der Waals surface area contributed by atoms with Gasteiger partial charge in [0.25, 0.3) is 0 Å². The molecule has 0 amide bonds. The van der Waals surface area contributed by atoms with Crippen molar-refractivity contribution in [2.24, 2.45) is 0 Å². The Labute approximate surface area is 109 Å². The highest BCUT2D eigenvalue weighted by Gasteiger charge is 2.08. The fraction of sp³-hybridized carbons (Fsp3) is 0.0714. The van der Waals surface area contributed by atoms with Crippen LogP contribution in [0.1, 0.15) is 15.9 Å². The van der Waals surface area contributed by atoms with E-state index in [1.807, 2.05) is 0 Å². The largest absolute Gasteiger partial charge is 0.456 e. The van der Waals surface area contributed by atoms with Crippen molar-refractivity contribution >= 4 is 17.9 Å². The summed E-state index contributed by atoms with van der Waals surface area (Å²) in [7, 11) is 0. The highest BCUT2D eigenvalue weighted by atomic mass is 35.5. The van der Waals surface area contributed by atoms with Crippen molar-refractivity contribution in [2.45, 2.75) is 6.92 Å². The number of hydrogen-bond donors (Lipinski definition) is 0. The lowest BCUT2D eigenvalue weighted by Gasteiger charge is -2.10. The second-order valence-electron chi connectivity index (χ2n) is 3.81. The second kappa shape index (κ2) is 5.19. The summed E-state index contributed by atoms with van der Waals surface area (Å²) < 4.78 is 18.7. The quantitative estimate of drug-likeness (QED) is 0.769. The molecule has 0 bridgehead atoms. The molecule has 0 unspecified atom stereocenters. The first-order valence-corrected chi connectivity index (χ1v) is 5.66. The van der Waals surface area contributed by atoms with Gasteiger partial charge in [0.15, 0.2) is 6.29 Å². The molecule has 0 aliphatic rings. The van der Waals surface area contributed by atoms with E-state index in [-0.39, 0.29) is 0 Å².